The molecule has 4 aromatic rings. The SMILES string of the molecule is COc1ccc(C(=O)N[C@@H]2CO[C@@H]3[C@@H]2OC[C@@H]3n2nnnc2Oc2ccc(-n3cncn3)cc2)cc1. The van der Waals surface area contributed by atoms with Crippen LogP contribution in [0, 0.1) is 0 Å². The number of hydrogen-bond donors (Lipinski definition) is 1. The second-order valence-corrected chi connectivity index (χ2v) is 8.31. The van der Waals surface area contributed by atoms with Crippen LogP contribution in [0.1, 0.15) is 16.4 Å². The van der Waals surface area contributed by atoms with Crippen LogP contribution in [-0.4, -0.2) is 79.5 Å². The Morgan fingerprint density at radius 3 is 2.56 bits per heavy atom. The Hall–Kier alpha value is -4.36. The lowest BCUT2D eigenvalue weighted by atomic mass is 10.1. The van der Waals surface area contributed by atoms with E-state index >= 15 is 0 Å². The number of ether oxygens (including phenoxy) is 4. The molecule has 2 fully saturated rings. The van der Waals surface area contributed by atoms with Gasteiger partial charge in [-0.05, 0) is 59.0 Å². The first kappa shape index (κ1) is 22.1. The average Bonchev–Trinajstić information content (AvgIpc) is 3.71. The van der Waals surface area contributed by atoms with E-state index in [1.165, 1.54) is 6.33 Å². The number of carbonyl (C=O) groups excluding carboxylic acids is 1. The van der Waals surface area contributed by atoms with E-state index in [2.05, 4.69) is 30.9 Å². The lowest BCUT2D eigenvalue weighted by molar-refractivity contribution is 0.0606. The molecule has 1 amide bonds. The lowest BCUT2D eigenvalue weighted by Gasteiger charge is -2.18. The monoisotopic (exact) mass is 490 g/mol. The van der Waals surface area contributed by atoms with Gasteiger partial charge in [0.15, 0.2) is 0 Å². The van der Waals surface area contributed by atoms with E-state index in [-0.39, 0.29) is 36.2 Å². The van der Waals surface area contributed by atoms with Gasteiger partial charge in [0, 0.05) is 5.56 Å². The van der Waals surface area contributed by atoms with Crippen LogP contribution in [0.3, 0.4) is 0 Å². The first-order valence-electron chi connectivity index (χ1n) is 11.3. The molecule has 2 aromatic heterocycles. The molecule has 184 valence electrons. The molecule has 36 heavy (non-hydrogen) atoms. The molecule has 0 aliphatic carbocycles. The van der Waals surface area contributed by atoms with Crippen molar-refractivity contribution in [1.82, 2.24) is 40.3 Å². The summed E-state index contributed by atoms with van der Waals surface area (Å²) in [6.45, 7) is 0.632. The van der Waals surface area contributed by atoms with Gasteiger partial charge in [-0.1, -0.05) is 5.10 Å². The number of methoxy groups -OCH3 is 1. The summed E-state index contributed by atoms with van der Waals surface area (Å²) < 4.78 is 26.3. The first-order chi connectivity index (χ1) is 17.7. The van der Waals surface area contributed by atoms with Crippen LogP contribution in [0.15, 0.2) is 61.2 Å². The third kappa shape index (κ3) is 4.14. The number of amides is 1. The molecule has 13 nitrogen and oxygen atoms in total. The van der Waals surface area contributed by atoms with Gasteiger partial charge in [-0.25, -0.2) is 9.67 Å². The maximum atomic E-state index is 12.7. The topological polar surface area (TPSA) is 140 Å². The number of nitrogens with zero attached hydrogens (tertiary/aromatic N) is 7. The van der Waals surface area contributed by atoms with Crippen molar-refractivity contribution < 1.29 is 23.7 Å². The van der Waals surface area contributed by atoms with Gasteiger partial charge in [-0.2, -0.15) is 9.78 Å². The standard InChI is InChI=1S/C23H22N8O5/c1-33-16-6-2-14(3-7-16)22(32)26-18-10-34-21-19(11-35-20(18)21)31-23(27-28-29-31)36-17-8-4-15(5-9-17)30-13-24-12-25-30/h2-9,12-13,18-21H,10-11H2,1H3,(H,26,32)/t18-,19+,20-,21+/m1/s1. The number of carbonyl (C=O) groups is 1. The van der Waals surface area contributed by atoms with Crippen molar-refractivity contribution in [1.29, 1.82) is 0 Å². The van der Waals surface area contributed by atoms with Gasteiger partial charge in [-0.15, -0.1) is 0 Å². The summed E-state index contributed by atoms with van der Waals surface area (Å²) >= 11 is 0. The maximum absolute atomic E-state index is 12.7. The molecular weight excluding hydrogens is 468 g/mol. The van der Waals surface area contributed by atoms with E-state index in [4.69, 9.17) is 18.9 Å². The molecule has 0 radical (unpaired) electrons. The smallest absolute Gasteiger partial charge is 0.341 e. The molecule has 2 saturated heterocycles. The van der Waals surface area contributed by atoms with Crippen molar-refractivity contribution >= 4 is 5.91 Å². The highest BCUT2D eigenvalue weighted by Crippen LogP contribution is 2.36. The molecule has 4 heterocycles. The zero-order valence-corrected chi connectivity index (χ0v) is 19.2. The summed E-state index contributed by atoms with van der Waals surface area (Å²) in [6, 6.07) is 13.8. The highest BCUT2D eigenvalue weighted by molar-refractivity contribution is 5.94. The second kappa shape index (κ2) is 9.36. The van der Waals surface area contributed by atoms with Crippen LogP contribution in [0.5, 0.6) is 17.5 Å². The zero-order chi connectivity index (χ0) is 24.5. The number of tetrazole rings is 1. The Morgan fingerprint density at radius 2 is 1.81 bits per heavy atom. The Kier molecular flexibility index (Phi) is 5.75. The zero-order valence-electron chi connectivity index (χ0n) is 19.2. The minimum absolute atomic E-state index is 0.209. The molecule has 0 bridgehead atoms. The molecule has 4 atom stereocenters. The van der Waals surface area contributed by atoms with E-state index in [9.17, 15) is 4.79 Å². The largest absolute Gasteiger partial charge is 0.497 e. The Bertz CT molecular complexity index is 1330. The first-order valence-corrected chi connectivity index (χ1v) is 11.3. The van der Waals surface area contributed by atoms with Crippen molar-refractivity contribution in [3.63, 3.8) is 0 Å². The average molecular weight is 490 g/mol. The molecule has 0 unspecified atom stereocenters. The molecule has 2 aromatic carbocycles. The molecule has 6 rings (SSSR count). The van der Waals surface area contributed by atoms with E-state index in [1.54, 1.807) is 59.2 Å². The van der Waals surface area contributed by atoms with E-state index < -0.39 is 0 Å². The Morgan fingerprint density at radius 1 is 1.03 bits per heavy atom. The fraction of sp³-hybridized carbons (Fsp3) is 0.304. The van der Waals surface area contributed by atoms with Gasteiger partial charge in [0.05, 0.1) is 32.1 Å². The summed E-state index contributed by atoms with van der Waals surface area (Å²) in [7, 11) is 1.58. The van der Waals surface area contributed by atoms with Crippen molar-refractivity contribution in [3.8, 4) is 23.2 Å². The molecule has 2 aliphatic heterocycles. The molecule has 0 spiro atoms. The lowest BCUT2D eigenvalue weighted by Crippen LogP contribution is -2.44. The van der Waals surface area contributed by atoms with Gasteiger partial charge in [-0.3, -0.25) is 4.79 Å². The van der Waals surface area contributed by atoms with E-state index in [0.717, 1.165) is 5.69 Å². The van der Waals surface area contributed by atoms with Gasteiger partial charge < -0.3 is 24.3 Å². The van der Waals surface area contributed by atoms with Crippen molar-refractivity contribution in [2.75, 3.05) is 20.3 Å². The summed E-state index contributed by atoms with van der Waals surface area (Å²) in [5.41, 5.74) is 1.37. The van der Waals surface area contributed by atoms with Crippen LogP contribution >= 0.6 is 0 Å². The predicted molar refractivity (Wildman–Crippen MR) is 122 cm³/mol. The molecular formula is C23H22N8O5. The van der Waals surface area contributed by atoms with Crippen LogP contribution in [-0.2, 0) is 9.47 Å². The van der Waals surface area contributed by atoms with Gasteiger partial charge >= 0.3 is 6.01 Å². The molecule has 0 saturated carbocycles. The highest BCUT2D eigenvalue weighted by Gasteiger charge is 2.50. The normalized spacial score (nSPS) is 22.8. The van der Waals surface area contributed by atoms with Crippen LogP contribution in [0.2, 0.25) is 0 Å². The number of hydrogen-bond acceptors (Lipinski definition) is 10. The van der Waals surface area contributed by atoms with E-state index in [1.807, 2.05) is 12.1 Å². The summed E-state index contributed by atoms with van der Waals surface area (Å²) in [5.74, 6) is 1.03. The molecule has 2 aliphatic rings. The summed E-state index contributed by atoms with van der Waals surface area (Å²) in [4.78, 5) is 16.7. The summed E-state index contributed by atoms with van der Waals surface area (Å²) in [5, 5.41) is 19.0. The van der Waals surface area contributed by atoms with Gasteiger partial charge in [0.2, 0.25) is 0 Å². The highest BCUT2D eigenvalue weighted by atomic mass is 16.6. The van der Waals surface area contributed by atoms with E-state index in [0.29, 0.717) is 30.3 Å². The molecule has 1 N–H and O–H groups in total. The predicted octanol–water partition coefficient (Wildman–Crippen LogP) is 1.19. The summed E-state index contributed by atoms with van der Waals surface area (Å²) in [6.07, 6.45) is 2.40. The number of rotatable bonds is 7. The number of nitrogens with one attached hydrogen (secondary N) is 1. The number of aromatic nitrogens is 7. The minimum atomic E-state index is -0.341. The quantitative estimate of drug-likeness (QED) is 0.402. The minimum Gasteiger partial charge on any atom is -0.497 e. The fourth-order valence-corrected chi connectivity index (χ4v) is 4.38. The van der Waals surface area contributed by atoms with Crippen LogP contribution in [0.4, 0.5) is 0 Å². The van der Waals surface area contributed by atoms with Crippen LogP contribution < -0.4 is 14.8 Å². The molecule has 13 heteroatoms. The van der Waals surface area contributed by atoms with Crippen molar-refractivity contribution in [2.45, 2.75) is 24.3 Å². The van der Waals surface area contributed by atoms with Gasteiger partial charge in [0.1, 0.15) is 42.4 Å². The third-order valence-electron chi connectivity index (χ3n) is 6.20. The Balaban J connectivity index is 1.12. The fourth-order valence-electron chi connectivity index (χ4n) is 4.38. The van der Waals surface area contributed by atoms with Crippen LogP contribution in [0.25, 0.3) is 5.69 Å². The third-order valence-corrected chi connectivity index (χ3v) is 6.20. The second-order valence-electron chi connectivity index (χ2n) is 8.31. The van der Waals surface area contributed by atoms with Gasteiger partial charge in [0.25, 0.3) is 5.91 Å². The van der Waals surface area contributed by atoms with Crippen molar-refractivity contribution in [2.24, 2.45) is 0 Å². The number of fused-ring (bicyclic) bond motifs is 1. The Labute approximate surface area is 204 Å². The van der Waals surface area contributed by atoms with Crippen molar-refractivity contribution in [3.05, 3.63) is 66.7 Å². The number of benzene rings is 2. The maximum Gasteiger partial charge on any atom is 0.341 e.